The molecule has 4 unspecified atom stereocenters. The molecule has 2 aromatic rings. The highest BCUT2D eigenvalue weighted by Gasteiger charge is 2.59. The smallest absolute Gasteiger partial charge is 0.339 e. The van der Waals surface area contributed by atoms with E-state index in [1.165, 1.54) is 11.8 Å². The van der Waals surface area contributed by atoms with Crippen LogP contribution < -0.4 is 0 Å². The predicted molar refractivity (Wildman–Crippen MR) is 185 cm³/mol. The maximum absolute atomic E-state index is 13.6. The number of esters is 2. The summed E-state index contributed by atoms with van der Waals surface area (Å²) in [7, 11) is 0. The minimum absolute atomic E-state index is 0.105. The van der Waals surface area contributed by atoms with Crippen molar-refractivity contribution < 1.29 is 29.3 Å². The van der Waals surface area contributed by atoms with Gasteiger partial charge < -0.3 is 19.7 Å². The van der Waals surface area contributed by atoms with Gasteiger partial charge in [0.2, 0.25) is 0 Å². The molecule has 0 fully saturated rings. The highest BCUT2D eigenvalue weighted by Crippen LogP contribution is 2.52. The molecule has 0 aliphatic rings. The van der Waals surface area contributed by atoms with Gasteiger partial charge in [0.05, 0.1) is 0 Å². The fraction of sp³-hybridized carbons (Fsp3) is 0.632. The second kappa shape index (κ2) is 14.6. The first-order valence-electron chi connectivity index (χ1n) is 16.0. The Morgan fingerprint density at radius 2 is 0.867 bits per heavy atom. The van der Waals surface area contributed by atoms with E-state index in [2.05, 4.69) is 0 Å². The number of thioether (sulfide) groups is 1. The molecular weight excluding hydrogens is 584 g/mol. The summed E-state index contributed by atoms with van der Waals surface area (Å²) in [5.41, 5.74) is -4.23. The van der Waals surface area contributed by atoms with E-state index in [4.69, 9.17) is 9.47 Å². The Labute approximate surface area is 276 Å². The lowest BCUT2D eigenvalue weighted by atomic mass is 9.59. The van der Waals surface area contributed by atoms with E-state index in [1.54, 1.807) is 0 Å². The average Bonchev–Trinajstić information content (AvgIpc) is 2.90. The maximum atomic E-state index is 13.6. The molecule has 0 heterocycles. The van der Waals surface area contributed by atoms with Crippen molar-refractivity contribution in [3.63, 3.8) is 0 Å². The van der Waals surface area contributed by atoms with E-state index in [-0.39, 0.29) is 13.2 Å². The molecule has 0 aliphatic carbocycles. The van der Waals surface area contributed by atoms with Crippen LogP contribution in [0.4, 0.5) is 0 Å². The molecule has 0 spiro atoms. The number of carbonyl (C=O) groups excluding carboxylic acids is 2. The summed E-state index contributed by atoms with van der Waals surface area (Å²) < 4.78 is 11.4. The van der Waals surface area contributed by atoms with Crippen molar-refractivity contribution in [1.82, 2.24) is 0 Å². The van der Waals surface area contributed by atoms with Gasteiger partial charge in [-0.25, -0.2) is 9.59 Å². The highest BCUT2D eigenvalue weighted by molar-refractivity contribution is 7.99. The predicted octanol–water partition coefficient (Wildman–Crippen LogP) is 8.02. The third-order valence-electron chi connectivity index (χ3n) is 8.66. The largest absolute Gasteiger partial charge is 0.463 e. The first-order chi connectivity index (χ1) is 20.5. The van der Waals surface area contributed by atoms with E-state index in [1.807, 2.05) is 144 Å². The Kier molecular flexibility index (Phi) is 12.6. The van der Waals surface area contributed by atoms with Gasteiger partial charge in [-0.2, -0.15) is 11.8 Å². The highest BCUT2D eigenvalue weighted by atomic mass is 32.2. The minimum atomic E-state index is -1.77. The topological polar surface area (TPSA) is 93.1 Å². The Morgan fingerprint density at radius 3 is 1.11 bits per heavy atom. The Morgan fingerprint density at radius 1 is 0.578 bits per heavy atom. The molecule has 0 amide bonds. The maximum Gasteiger partial charge on any atom is 0.339 e. The molecule has 2 aromatic carbocycles. The van der Waals surface area contributed by atoms with Crippen LogP contribution in [0.5, 0.6) is 0 Å². The van der Waals surface area contributed by atoms with Crippen LogP contribution in [0.3, 0.4) is 0 Å². The van der Waals surface area contributed by atoms with Gasteiger partial charge in [-0.1, -0.05) is 144 Å². The van der Waals surface area contributed by atoms with Crippen LogP contribution in [0.1, 0.15) is 106 Å². The molecular formula is C38H58O6S. The van der Waals surface area contributed by atoms with E-state index in [0.29, 0.717) is 11.5 Å². The van der Waals surface area contributed by atoms with Crippen LogP contribution in [0.2, 0.25) is 0 Å². The van der Waals surface area contributed by atoms with Gasteiger partial charge >= 0.3 is 11.9 Å². The van der Waals surface area contributed by atoms with E-state index < -0.39 is 56.6 Å². The lowest BCUT2D eigenvalue weighted by molar-refractivity contribution is -0.188. The van der Waals surface area contributed by atoms with Gasteiger partial charge in [0.1, 0.15) is 13.2 Å². The van der Waals surface area contributed by atoms with Gasteiger partial charge in [-0.15, -0.1) is 0 Å². The van der Waals surface area contributed by atoms with Crippen LogP contribution in [-0.4, -0.2) is 58.1 Å². The van der Waals surface area contributed by atoms with E-state index in [9.17, 15) is 19.8 Å². The Bertz CT molecular complexity index is 1140. The molecule has 0 aliphatic heterocycles. The lowest BCUT2D eigenvalue weighted by Crippen LogP contribution is -2.58. The standard InChI is InChI=1S/C38H58O6S/c1-33(2,3)29(27-19-15-13-16-20-27)37(41,35(7,8)9)31(39)43-23-25-45-26-24-44-32(40)38(42,36(10,11)12)30(34(4,5)6)28-21-17-14-18-22-28/h13-22,29-30,41-42H,23-26H2,1-12H3. The molecule has 4 atom stereocenters. The first-order valence-corrected chi connectivity index (χ1v) is 17.1. The zero-order chi connectivity index (χ0) is 34.5. The quantitative estimate of drug-likeness (QED) is 0.179. The second-order valence-corrected chi connectivity index (χ2v) is 17.6. The van der Waals surface area contributed by atoms with Gasteiger partial charge in [-0.05, 0) is 22.0 Å². The van der Waals surface area contributed by atoms with Crippen LogP contribution >= 0.6 is 11.8 Å². The first kappa shape index (κ1) is 38.8. The van der Waals surface area contributed by atoms with Gasteiger partial charge in [0, 0.05) is 34.2 Å². The average molecular weight is 643 g/mol. The molecule has 0 saturated heterocycles. The molecule has 2 N–H and O–H groups in total. The zero-order valence-corrected chi connectivity index (χ0v) is 30.5. The molecule has 0 saturated carbocycles. The van der Waals surface area contributed by atoms with Crippen LogP contribution in [0.25, 0.3) is 0 Å². The molecule has 0 bridgehead atoms. The summed E-state index contributed by atoms with van der Waals surface area (Å²) in [6.07, 6.45) is 0. The Hall–Kier alpha value is -2.35. The van der Waals surface area contributed by atoms with Crippen LogP contribution in [0.15, 0.2) is 60.7 Å². The number of rotatable bonds is 12. The number of ether oxygens (including phenoxy) is 2. The molecule has 45 heavy (non-hydrogen) atoms. The summed E-state index contributed by atoms with van der Waals surface area (Å²) in [5.74, 6) is -1.36. The summed E-state index contributed by atoms with van der Waals surface area (Å²) >= 11 is 1.48. The summed E-state index contributed by atoms with van der Waals surface area (Å²) in [4.78, 5) is 27.3. The van der Waals surface area contributed by atoms with Crippen molar-refractivity contribution in [2.24, 2.45) is 21.7 Å². The van der Waals surface area contributed by atoms with Gasteiger partial charge in [0.15, 0.2) is 11.2 Å². The van der Waals surface area contributed by atoms with Crippen LogP contribution in [-0.2, 0) is 19.1 Å². The molecule has 252 valence electrons. The van der Waals surface area contributed by atoms with Crippen molar-refractivity contribution in [1.29, 1.82) is 0 Å². The van der Waals surface area contributed by atoms with Gasteiger partial charge in [-0.3, -0.25) is 0 Å². The molecule has 2 rings (SSSR count). The van der Waals surface area contributed by atoms with Crippen molar-refractivity contribution in [3.05, 3.63) is 71.8 Å². The number of hydrogen-bond acceptors (Lipinski definition) is 7. The lowest BCUT2D eigenvalue weighted by Gasteiger charge is -2.49. The Balaban J connectivity index is 2.07. The second-order valence-electron chi connectivity index (χ2n) is 16.3. The monoisotopic (exact) mass is 642 g/mol. The SMILES string of the molecule is CC(C)(C)C(c1ccccc1)C(O)(C(=O)OCCSCCOC(=O)C(O)(C(c1ccccc1)C(C)(C)C)C(C)(C)C)C(C)(C)C. The number of aliphatic hydroxyl groups is 2. The fourth-order valence-corrected chi connectivity index (χ4v) is 7.06. The number of hydrogen-bond donors (Lipinski definition) is 2. The summed E-state index contributed by atoms with van der Waals surface area (Å²) in [6.45, 7) is 23.5. The minimum Gasteiger partial charge on any atom is -0.463 e. The molecule has 0 radical (unpaired) electrons. The van der Waals surface area contributed by atoms with Gasteiger partial charge in [0.25, 0.3) is 0 Å². The van der Waals surface area contributed by atoms with Crippen molar-refractivity contribution in [2.75, 3.05) is 24.7 Å². The van der Waals surface area contributed by atoms with Crippen molar-refractivity contribution in [2.45, 2.75) is 106 Å². The van der Waals surface area contributed by atoms with Crippen molar-refractivity contribution in [3.8, 4) is 0 Å². The zero-order valence-electron chi connectivity index (χ0n) is 29.7. The number of benzene rings is 2. The third kappa shape index (κ3) is 8.93. The summed E-state index contributed by atoms with van der Waals surface area (Å²) in [6, 6.07) is 19.3. The molecule has 0 aromatic heterocycles. The molecule has 6 nitrogen and oxygen atoms in total. The van der Waals surface area contributed by atoms with Crippen LogP contribution in [0, 0.1) is 21.7 Å². The third-order valence-corrected chi connectivity index (χ3v) is 9.57. The number of carbonyl (C=O) groups is 2. The fourth-order valence-electron chi connectivity index (χ4n) is 6.45. The van der Waals surface area contributed by atoms with E-state index in [0.717, 1.165) is 11.1 Å². The van der Waals surface area contributed by atoms with E-state index >= 15 is 0 Å². The summed E-state index contributed by atoms with van der Waals surface area (Å²) in [5, 5.41) is 24.3. The molecule has 7 heteroatoms. The normalized spacial score (nSPS) is 17.0. The van der Waals surface area contributed by atoms with Crippen molar-refractivity contribution >= 4 is 23.7 Å².